The second-order valence-electron chi connectivity index (χ2n) is 9.21. The maximum atomic E-state index is 12.7. The number of nitrogens with one attached hydrogen (secondary N) is 1. The Bertz CT molecular complexity index is 913. The molecule has 0 bridgehead atoms. The summed E-state index contributed by atoms with van der Waals surface area (Å²) in [6.07, 6.45) is 13.8. The summed E-state index contributed by atoms with van der Waals surface area (Å²) in [6, 6.07) is 8.16. The van der Waals surface area contributed by atoms with Gasteiger partial charge in [0.15, 0.2) is 0 Å². The molecule has 0 radical (unpaired) electrons. The van der Waals surface area contributed by atoms with Crippen LogP contribution in [0.4, 0.5) is 4.79 Å². The lowest BCUT2D eigenvalue weighted by Gasteiger charge is -2.34. The molecule has 190 valence electrons. The van der Waals surface area contributed by atoms with Crippen molar-refractivity contribution in [2.75, 3.05) is 32.8 Å². The summed E-state index contributed by atoms with van der Waals surface area (Å²) >= 11 is 0. The molecule has 0 aromatic heterocycles. The van der Waals surface area contributed by atoms with Gasteiger partial charge in [0, 0.05) is 45.0 Å². The van der Waals surface area contributed by atoms with Gasteiger partial charge in [0.2, 0.25) is 5.91 Å². The Kier molecular flexibility index (Phi) is 10.8. The summed E-state index contributed by atoms with van der Waals surface area (Å²) in [7, 11) is 0. The Morgan fingerprint density at radius 2 is 1.91 bits per heavy atom. The SMILES string of the molecule is C\C=C/C(=N\C=C\C(N)=O)NC(=O)N1CCN(Cc2cccc(OCCC3CCCCC3)c2)CC1. The van der Waals surface area contributed by atoms with Gasteiger partial charge < -0.3 is 15.4 Å². The predicted octanol–water partition coefficient (Wildman–Crippen LogP) is 3.84. The number of benzene rings is 1. The number of urea groups is 1. The van der Waals surface area contributed by atoms with E-state index in [1.807, 2.05) is 13.0 Å². The van der Waals surface area contributed by atoms with E-state index in [0.29, 0.717) is 18.9 Å². The molecule has 1 aliphatic carbocycles. The van der Waals surface area contributed by atoms with Crippen molar-refractivity contribution in [1.29, 1.82) is 0 Å². The van der Waals surface area contributed by atoms with E-state index in [1.54, 1.807) is 17.1 Å². The zero-order valence-electron chi connectivity index (χ0n) is 20.8. The maximum Gasteiger partial charge on any atom is 0.323 e. The van der Waals surface area contributed by atoms with Crippen molar-refractivity contribution in [2.45, 2.75) is 52.0 Å². The van der Waals surface area contributed by atoms with Gasteiger partial charge in [0.1, 0.15) is 11.6 Å². The highest BCUT2D eigenvalue weighted by molar-refractivity contribution is 6.04. The Balaban J connectivity index is 1.42. The number of piperazine rings is 1. The Hall–Kier alpha value is -3.13. The van der Waals surface area contributed by atoms with Crippen LogP contribution in [0.15, 0.2) is 53.7 Å². The number of nitrogens with zero attached hydrogens (tertiary/aromatic N) is 3. The van der Waals surface area contributed by atoms with E-state index < -0.39 is 5.91 Å². The lowest BCUT2D eigenvalue weighted by atomic mass is 9.87. The van der Waals surface area contributed by atoms with E-state index in [0.717, 1.165) is 50.4 Å². The molecular formula is C27H39N5O3. The summed E-state index contributed by atoms with van der Waals surface area (Å²) in [4.78, 5) is 31.7. The largest absolute Gasteiger partial charge is 0.494 e. The van der Waals surface area contributed by atoms with Crippen molar-refractivity contribution in [3.8, 4) is 5.75 Å². The molecule has 1 saturated carbocycles. The van der Waals surface area contributed by atoms with Gasteiger partial charge in [-0.25, -0.2) is 9.79 Å². The van der Waals surface area contributed by atoms with Crippen molar-refractivity contribution in [1.82, 2.24) is 15.1 Å². The Labute approximate surface area is 208 Å². The van der Waals surface area contributed by atoms with E-state index in [2.05, 4.69) is 33.4 Å². The monoisotopic (exact) mass is 481 g/mol. The molecule has 2 aliphatic rings. The molecule has 0 spiro atoms. The molecule has 0 atom stereocenters. The minimum atomic E-state index is -0.590. The second-order valence-corrected chi connectivity index (χ2v) is 9.21. The molecular weight excluding hydrogens is 442 g/mol. The van der Waals surface area contributed by atoms with Gasteiger partial charge in [-0.2, -0.15) is 0 Å². The molecule has 3 amide bonds. The number of hydrogen-bond donors (Lipinski definition) is 2. The molecule has 3 N–H and O–H groups in total. The zero-order valence-corrected chi connectivity index (χ0v) is 20.8. The molecule has 1 saturated heterocycles. The van der Waals surface area contributed by atoms with E-state index in [-0.39, 0.29) is 6.03 Å². The number of carbonyl (C=O) groups is 2. The van der Waals surface area contributed by atoms with Gasteiger partial charge in [-0.3, -0.25) is 15.0 Å². The molecule has 1 heterocycles. The first kappa shape index (κ1) is 26.5. The van der Waals surface area contributed by atoms with Crippen molar-refractivity contribution < 1.29 is 14.3 Å². The number of primary amides is 1. The van der Waals surface area contributed by atoms with Crippen LogP contribution in [-0.4, -0.2) is 60.4 Å². The molecule has 8 nitrogen and oxygen atoms in total. The van der Waals surface area contributed by atoms with Crippen LogP contribution in [0.1, 0.15) is 51.0 Å². The van der Waals surface area contributed by atoms with E-state index in [1.165, 1.54) is 43.9 Å². The third-order valence-electron chi connectivity index (χ3n) is 6.50. The van der Waals surface area contributed by atoms with E-state index in [9.17, 15) is 9.59 Å². The lowest BCUT2D eigenvalue weighted by molar-refractivity contribution is -0.113. The van der Waals surface area contributed by atoms with Crippen LogP contribution in [0.5, 0.6) is 5.75 Å². The van der Waals surface area contributed by atoms with Gasteiger partial charge in [0.05, 0.1) is 6.61 Å². The number of hydrogen-bond acceptors (Lipinski definition) is 5. The average molecular weight is 482 g/mol. The van der Waals surface area contributed by atoms with Gasteiger partial charge in [-0.05, 0) is 43.0 Å². The Morgan fingerprint density at radius 3 is 2.63 bits per heavy atom. The summed E-state index contributed by atoms with van der Waals surface area (Å²) in [5.41, 5.74) is 6.30. The lowest BCUT2D eigenvalue weighted by Crippen LogP contribution is -2.52. The van der Waals surface area contributed by atoms with Crippen molar-refractivity contribution >= 4 is 17.8 Å². The highest BCUT2D eigenvalue weighted by Gasteiger charge is 2.21. The van der Waals surface area contributed by atoms with E-state index >= 15 is 0 Å². The van der Waals surface area contributed by atoms with Gasteiger partial charge in [-0.1, -0.05) is 50.3 Å². The first-order chi connectivity index (χ1) is 17.0. The maximum absolute atomic E-state index is 12.7. The standard InChI is InChI=1S/C27H39N5O3/c1-2-7-26(29-14-12-25(28)33)30-27(34)32-17-15-31(16-18-32)21-23-10-6-11-24(20-23)35-19-13-22-8-4-3-5-9-22/h2,6-7,10-12,14,20,22H,3-5,8-9,13,15-19,21H2,1H3,(H2,28,33)(H,29,30,34)/b7-2-,14-12+. The number of nitrogens with two attached hydrogens (primary N) is 1. The van der Waals surface area contributed by atoms with Crippen LogP contribution >= 0.6 is 0 Å². The molecule has 2 fully saturated rings. The van der Waals surface area contributed by atoms with Crippen LogP contribution in [0.2, 0.25) is 0 Å². The number of amides is 3. The minimum absolute atomic E-state index is 0.206. The van der Waals surface area contributed by atoms with Crippen LogP contribution < -0.4 is 15.8 Å². The van der Waals surface area contributed by atoms with Crippen molar-refractivity contribution in [3.05, 3.63) is 54.3 Å². The zero-order chi connectivity index (χ0) is 24.9. The number of ether oxygens (including phenoxy) is 1. The summed E-state index contributed by atoms with van der Waals surface area (Å²) < 4.78 is 6.06. The molecule has 3 rings (SSSR count). The summed E-state index contributed by atoms with van der Waals surface area (Å²) in [6.45, 7) is 6.29. The molecule has 8 heteroatoms. The molecule has 1 aromatic rings. The minimum Gasteiger partial charge on any atom is -0.494 e. The Morgan fingerprint density at radius 1 is 1.14 bits per heavy atom. The fourth-order valence-electron chi connectivity index (χ4n) is 4.57. The van der Waals surface area contributed by atoms with Crippen LogP contribution in [-0.2, 0) is 11.3 Å². The molecule has 35 heavy (non-hydrogen) atoms. The number of carbonyl (C=O) groups excluding carboxylic acids is 2. The summed E-state index contributed by atoms with van der Waals surface area (Å²) in [5.74, 6) is 1.54. The number of rotatable bonds is 9. The molecule has 1 aliphatic heterocycles. The highest BCUT2D eigenvalue weighted by atomic mass is 16.5. The van der Waals surface area contributed by atoms with Gasteiger partial charge >= 0.3 is 6.03 Å². The third kappa shape index (κ3) is 9.56. The van der Waals surface area contributed by atoms with Crippen molar-refractivity contribution in [2.24, 2.45) is 16.6 Å². The highest BCUT2D eigenvalue weighted by Crippen LogP contribution is 2.26. The van der Waals surface area contributed by atoms with E-state index in [4.69, 9.17) is 10.5 Å². The number of aliphatic imine (C=N–C) groups is 1. The van der Waals surface area contributed by atoms with Gasteiger partial charge in [-0.15, -0.1) is 0 Å². The molecule has 0 unspecified atom stereocenters. The second kappa shape index (κ2) is 14.3. The van der Waals surface area contributed by atoms with Crippen LogP contribution in [0.25, 0.3) is 0 Å². The normalized spacial score (nSPS) is 18.3. The smallest absolute Gasteiger partial charge is 0.323 e. The van der Waals surface area contributed by atoms with Gasteiger partial charge in [0.25, 0.3) is 0 Å². The predicted molar refractivity (Wildman–Crippen MR) is 139 cm³/mol. The number of amidine groups is 1. The fourth-order valence-corrected chi connectivity index (χ4v) is 4.57. The fraction of sp³-hybridized carbons (Fsp3) is 0.519. The first-order valence-corrected chi connectivity index (χ1v) is 12.7. The first-order valence-electron chi connectivity index (χ1n) is 12.7. The van der Waals surface area contributed by atoms with Crippen molar-refractivity contribution in [3.63, 3.8) is 0 Å². The summed E-state index contributed by atoms with van der Waals surface area (Å²) in [5, 5.41) is 2.79. The topological polar surface area (TPSA) is 100 Å². The van der Waals surface area contributed by atoms with Crippen LogP contribution in [0, 0.1) is 5.92 Å². The third-order valence-corrected chi connectivity index (χ3v) is 6.50. The van der Waals surface area contributed by atoms with Crippen LogP contribution in [0.3, 0.4) is 0 Å². The molecule has 1 aromatic carbocycles. The average Bonchev–Trinajstić information content (AvgIpc) is 2.85. The quantitative estimate of drug-likeness (QED) is 0.318. The number of allylic oxidation sites excluding steroid dienone is 1.